The summed E-state index contributed by atoms with van der Waals surface area (Å²) in [6.45, 7) is 1.23. The van der Waals surface area contributed by atoms with E-state index in [9.17, 15) is 14.3 Å². The molecule has 2 aromatic rings. The van der Waals surface area contributed by atoms with Crippen molar-refractivity contribution >= 4 is 18.4 Å². The van der Waals surface area contributed by atoms with Crippen LogP contribution >= 0.6 is 7.37 Å². The minimum Gasteiger partial charge on any atom is -0.344 e. The van der Waals surface area contributed by atoms with Crippen molar-refractivity contribution in [2.45, 2.75) is 6.16 Å². The summed E-state index contributed by atoms with van der Waals surface area (Å²) in [5.41, 5.74) is 1.18. The molecular formula is C11H13N2O3P. The highest BCUT2D eigenvalue weighted by Crippen LogP contribution is 2.38. The summed E-state index contributed by atoms with van der Waals surface area (Å²) < 4.78 is 12.8. The molecule has 90 valence electrons. The highest BCUT2D eigenvalue weighted by atomic mass is 31.2. The number of hydrogen-bond donors (Lipinski definition) is 1. The van der Waals surface area contributed by atoms with Gasteiger partial charge in [0.25, 0.3) is 5.56 Å². The molecular weight excluding hydrogens is 239 g/mol. The molecule has 0 saturated carbocycles. The van der Waals surface area contributed by atoms with Crippen molar-refractivity contribution in [2.24, 2.45) is 7.05 Å². The zero-order chi connectivity index (χ0) is 12.6. The third-order valence-electron chi connectivity index (χ3n) is 2.49. The monoisotopic (exact) mass is 252 g/mol. The van der Waals surface area contributed by atoms with Crippen LogP contribution in [0.3, 0.4) is 0 Å². The first kappa shape index (κ1) is 12.0. The number of aromatic nitrogens is 2. The van der Waals surface area contributed by atoms with Gasteiger partial charge in [-0.3, -0.25) is 9.36 Å². The predicted octanol–water partition coefficient (Wildman–Crippen LogP) is 1.33. The second kappa shape index (κ2) is 4.09. The summed E-state index contributed by atoms with van der Waals surface area (Å²) in [6, 6.07) is 7.20. The van der Waals surface area contributed by atoms with Crippen molar-refractivity contribution in [3.8, 4) is 0 Å². The topological polar surface area (TPSA) is 72.2 Å². The quantitative estimate of drug-likeness (QED) is 0.818. The van der Waals surface area contributed by atoms with Gasteiger partial charge < -0.3 is 9.46 Å². The fraction of sp³-hybridized carbons (Fsp3) is 0.273. The smallest absolute Gasteiger partial charge is 0.273 e. The van der Waals surface area contributed by atoms with Crippen LogP contribution in [-0.2, 0) is 17.8 Å². The molecule has 0 aliphatic carbocycles. The molecule has 1 aromatic heterocycles. The van der Waals surface area contributed by atoms with Gasteiger partial charge in [-0.2, -0.15) is 0 Å². The van der Waals surface area contributed by atoms with Crippen LogP contribution in [0.1, 0.15) is 5.69 Å². The van der Waals surface area contributed by atoms with Crippen LogP contribution in [0.15, 0.2) is 29.1 Å². The molecule has 0 bridgehead atoms. The van der Waals surface area contributed by atoms with Gasteiger partial charge in [0.15, 0.2) is 0 Å². The molecule has 6 heteroatoms. The van der Waals surface area contributed by atoms with E-state index in [4.69, 9.17) is 0 Å². The van der Waals surface area contributed by atoms with Crippen LogP contribution in [0.2, 0.25) is 0 Å². The fourth-order valence-corrected chi connectivity index (χ4v) is 2.48. The molecule has 0 radical (unpaired) electrons. The van der Waals surface area contributed by atoms with E-state index in [1.807, 2.05) is 12.1 Å². The highest BCUT2D eigenvalue weighted by molar-refractivity contribution is 7.56. The molecule has 5 nitrogen and oxygen atoms in total. The van der Waals surface area contributed by atoms with Gasteiger partial charge in [0.1, 0.15) is 5.69 Å². The fourth-order valence-electron chi connectivity index (χ4n) is 1.72. The van der Waals surface area contributed by atoms with Crippen LogP contribution in [0.5, 0.6) is 0 Å². The third-order valence-corrected chi connectivity index (χ3v) is 3.38. The molecule has 1 heterocycles. The zero-order valence-corrected chi connectivity index (χ0v) is 10.5. The molecule has 1 aromatic carbocycles. The Morgan fingerprint density at radius 1 is 1.41 bits per heavy atom. The van der Waals surface area contributed by atoms with Gasteiger partial charge in [-0.05, 0) is 12.1 Å². The molecule has 1 unspecified atom stereocenters. The Bertz CT molecular complexity index is 672. The van der Waals surface area contributed by atoms with Gasteiger partial charge in [-0.25, -0.2) is 4.98 Å². The Kier molecular flexibility index (Phi) is 2.89. The van der Waals surface area contributed by atoms with E-state index in [0.29, 0.717) is 11.0 Å². The molecule has 0 fully saturated rings. The van der Waals surface area contributed by atoms with E-state index in [0.717, 1.165) is 0 Å². The largest absolute Gasteiger partial charge is 0.344 e. The van der Waals surface area contributed by atoms with E-state index in [2.05, 4.69) is 4.98 Å². The van der Waals surface area contributed by atoms with Crippen molar-refractivity contribution in [3.63, 3.8) is 0 Å². The lowest BCUT2D eigenvalue weighted by Gasteiger charge is -2.08. The Balaban J connectivity index is 2.70. The SMILES string of the molecule is Cn1c(=O)c(CP(C)(=O)O)nc2ccccc21. The van der Waals surface area contributed by atoms with Crippen LogP contribution in [0, 0.1) is 0 Å². The number of nitrogens with zero attached hydrogens (tertiary/aromatic N) is 2. The minimum atomic E-state index is -3.29. The van der Waals surface area contributed by atoms with Gasteiger partial charge in [-0.1, -0.05) is 12.1 Å². The number of rotatable bonds is 2. The predicted molar refractivity (Wildman–Crippen MR) is 66.4 cm³/mol. The maximum absolute atomic E-state index is 11.9. The standard InChI is InChI=1S/C11H13N2O3P/c1-13-10-6-4-3-5-8(10)12-9(11(13)14)7-17(2,15)16/h3-6H,7H2,1-2H3,(H,15,16). The second-order valence-electron chi connectivity index (χ2n) is 4.12. The Labute approximate surface area is 98.2 Å². The lowest BCUT2D eigenvalue weighted by molar-refractivity contribution is 0.483. The summed E-state index contributed by atoms with van der Waals surface area (Å²) in [6.07, 6.45) is -0.190. The molecule has 1 N–H and O–H groups in total. The Morgan fingerprint density at radius 3 is 2.71 bits per heavy atom. The second-order valence-corrected chi connectivity index (χ2v) is 6.54. The van der Waals surface area contributed by atoms with Crippen molar-refractivity contribution in [3.05, 3.63) is 40.3 Å². The third kappa shape index (κ3) is 2.46. The van der Waals surface area contributed by atoms with Crippen LogP contribution in [-0.4, -0.2) is 21.1 Å². The molecule has 0 amide bonds. The molecule has 17 heavy (non-hydrogen) atoms. The average Bonchev–Trinajstić information content (AvgIpc) is 2.24. The summed E-state index contributed by atoms with van der Waals surface area (Å²) in [7, 11) is -1.66. The summed E-state index contributed by atoms with van der Waals surface area (Å²) in [5.74, 6) is 0. The molecule has 0 aliphatic rings. The molecule has 0 aliphatic heterocycles. The van der Waals surface area contributed by atoms with E-state index < -0.39 is 7.37 Å². The van der Waals surface area contributed by atoms with Crippen LogP contribution in [0.25, 0.3) is 11.0 Å². The van der Waals surface area contributed by atoms with Gasteiger partial charge in [-0.15, -0.1) is 0 Å². The van der Waals surface area contributed by atoms with Crippen molar-refractivity contribution in [2.75, 3.05) is 6.66 Å². The molecule has 2 rings (SSSR count). The molecule has 1 atom stereocenters. The Morgan fingerprint density at radius 2 is 2.06 bits per heavy atom. The van der Waals surface area contributed by atoms with E-state index in [-0.39, 0.29) is 17.4 Å². The number of aryl methyl sites for hydroxylation is 1. The van der Waals surface area contributed by atoms with Gasteiger partial charge in [0.05, 0.1) is 17.2 Å². The maximum Gasteiger partial charge on any atom is 0.273 e. The Hall–Kier alpha value is -1.45. The highest BCUT2D eigenvalue weighted by Gasteiger charge is 2.17. The van der Waals surface area contributed by atoms with Gasteiger partial charge in [0.2, 0.25) is 7.37 Å². The number of hydrogen-bond acceptors (Lipinski definition) is 3. The first-order valence-electron chi connectivity index (χ1n) is 5.12. The van der Waals surface area contributed by atoms with E-state index in [1.54, 1.807) is 19.2 Å². The summed E-state index contributed by atoms with van der Waals surface area (Å²) in [5, 5.41) is 0. The lowest BCUT2D eigenvalue weighted by Crippen LogP contribution is -2.23. The van der Waals surface area contributed by atoms with Gasteiger partial charge >= 0.3 is 0 Å². The number of fused-ring (bicyclic) bond motifs is 1. The first-order valence-corrected chi connectivity index (χ1v) is 7.41. The van der Waals surface area contributed by atoms with E-state index in [1.165, 1.54) is 11.2 Å². The van der Waals surface area contributed by atoms with Crippen LogP contribution < -0.4 is 5.56 Å². The zero-order valence-electron chi connectivity index (χ0n) is 9.62. The number of para-hydroxylation sites is 2. The minimum absolute atomic E-state index is 0.138. The normalized spacial score (nSPS) is 14.8. The van der Waals surface area contributed by atoms with Crippen LogP contribution in [0.4, 0.5) is 0 Å². The van der Waals surface area contributed by atoms with Crippen molar-refractivity contribution in [1.82, 2.24) is 9.55 Å². The van der Waals surface area contributed by atoms with Gasteiger partial charge in [0, 0.05) is 13.7 Å². The van der Waals surface area contributed by atoms with Crippen molar-refractivity contribution in [1.29, 1.82) is 0 Å². The molecule has 0 spiro atoms. The summed E-state index contributed by atoms with van der Waals surface area (Å²) in [4.78, 5) is 25.4. The maximum atomic E-state index is 11.9. The summed E-state index contributed by atoms with van der Waals surface area (Å²) >= 11 is 0. The van der Waals surface area contributed by atoms with Crippen molar-refractivity contribution < 1.29 is 9.46 Å². The molecule has 0 saturated heterocycles. The average molecular weight is 252 g/mol. The number of benzene rings is 1. The first-order chi connectivity index (χ1) is 7.88. The van der Waals surface area contributed by atoms with E-state index >= 15 is 0 Å². The lowest BCUT2D eigenvalue weighted by atomic mass is 10.3.